The first kappa shape index (κ1) is 22.2. The molecule has 11 heteroatoms. The topological polar surface area (TPSA) is 126 Å². The molecule has 1 N–H and O–H groups in total. The zero-order chi connectivity index (χ0) is 23.7. The largest absolute Gasteiger partial charge is 0.407 e. The SMILES string of the molecule is O=C(Nc1nnc(C2CC(=O)N(c3ccccc3)C2)o1)c1ccc(S(=O)(=O)N2CCCC2)cc1. The molecule has 1 atom stereocenters. The quantitative estimate of drug-likeness (QED) is 0.574. The Hall–Kier alpha value is -3.57. The van der Waals surface area contributed by atoms with Crippen LogP contribution in [0.1, 0.15) is 41.4 Å². The predicted octanol–water partition coefficient (Wildman–Crippen LogP) is 2.63. The van der Waals surface area contributed by atoms with E-state index < -0.39 is 15.9 Å². The van der Waals surface area contributed by atoms with Crippen molar-refractivity contribution in [2.24, 2.45) is 0 Å². The second kappa shape index (κ2) is 8.99. The van der Waals surface area contributed by atoms with Gasteiger partial charge in [0.05, 0.1) is 10.8 Å². The summed E-state index contributed by atoms with van der Waals surface area (Å²) in [5.41, 5.74) is 1.06. The number of anilines is 2. The van der Waals surface area contributed by atoms with Gasteiger partial charge in [-0.2, -0.15) is 4.31 Å². The van der Waals surface area contributed by atoms with Gasteiger partial charge in [0, 0.05) is 37.3 Å². The molecule has 1 unspecified atom stereocenters. The molecule has 0 saturated carbocycles. The smallest absolute Gasteiger partial charge is 0.322 e. The van der Waals surface area contributed by atoms with Crippen LogP contribution in [0.25, 0.3) is 0 Å². The summed E-state index contributed by atoms with van der Waals surface area (Å²) in [7, 11) is -3.55. The summed E-state index contributed by atoms with van der Waals surface area (Å²) in [5.74, 6) is -0.548. The number of hydrogen-bond donors (Lipinski definition) is 1. The number of amides is 2. The van der Waals surface area contributed by atoms with Crippen molar-refractivity contribution < 1.29 is 22.4 Å². The van der Waals surface area contributed by atoms with Crippen LogP contribution in [-0.2, 0) is 14.8 Å². The van der Waals surface area contributed by atoms with Gasteiger partial charge in [0.25, 0.3) is 5.91 Å². The Morgan fingerprint density at radius 3 is 2.41 bits per heavy atom. The van der Waals surface area contributed by atoms with Crippen LogP contribution in [0, 0.1) is 0 Å². The van der Waals surface area contributed by atoms with E-state index in [1.54, 1.807) is 4.90 Å². The van der Waals surface area contributed by atoms with Crippen LogP contribution in [0.15, 0.2) is 63.9 Å². The third-order valence-corrected chi connectivity index (χ3v) is 7.94. The van der Waals surface area contributed by atoms with Crippen LogP contribution >= 0.6 is 0 Å². The average molecular weight is 482 g/mol. The first-order valence-electron chi connectivity index (χ1n) is 11.0. The van der Waals surface area contributed by atoms with Crippen molar-refractivity contribution in [3.05, 3.63) is 66.1 Å². The van der Waals surface area contributed by atoms with Crippen molar-refractivity contribution in [3.63, 3.8) is 0 Å². The molecule has 10 nitrogen and oxygen atoms in total. The van der Waals surface area contributed by atoms with Crippen molar-refractivity contribution in [2.75, 3.05) is 29.9 Å². The number of aromatic nitrogens is 2. The van der Waals surface area contributed by atoms with Gasteiger partial charge in [0.2, 0.25) is 21.8 Å². The Bertz CT molecular complexity index is 1300. The van der Waals surface area contributed by atoms with E-state index in [9.17, 15) is 18.0 Å². The molecule has 2 aliphatic heterocycles. The van der Waals surface area contributed by atoms with Crippen LogP contribution in [0.2, 0.25) is 0 Å². The highest BCUT2D eigenvalue weighted by atomic mass is 32.2. The molecule has 0 aliphatic carbocycles. The van der Waals surface area contributed by atoms with Crippen LogP contribution < -0.4 is 10.2 Å². The van der Waals surface area contributed by atoms with E-state index in [0.717, 1.165) is 18.5 Å². The number of para-hydroxylation sites is 1. The van der Waals surface area contributed by atoms with Crippen molar-refractivity contribution in [1.29, 1.82) is 0 Å². The van der Waals surface area contributed by atoms with Crippen LogP contribution in [0.4, 0.5) is 11.7 Å². The average Bonchev–Trinajstić information content (AvgIpc) is 3.61. The van der Waals surface area contributed by atoms with Gasteiger partial charge in [0.1, 0.15) is 0 Å². The van der Waals surface area contributed by atoms with E-state index in [0.29, 0.717) is 19.6 Å². The highest BCUT2D eigenvalue weighted by molar-refractivity contribution is 7.89. The number of carbonyl (C=O) groups is 2. The molecule has 2 fully saturated rings. The number of carbonyl (C=O) groups excluding carboxylic acids is 2. The number of nitrogens with one attached hydrogen (secondary N) is 1. The molecule has 3 aromatic rings. The maximum atomic E-state index is 12.6. The summed E-state index contributed by atoms with van der Waals surface area (Å²) in [5, 5.41) is 10.4. The van der Waals surface area contributed by atoms with Crippen LogP contribution in [-0.4, -0.2) is 54.4 Å². The lowest BCUT2D eigenvalue weighted by atomic mass is 10.1. The van der Waals surface area contributed by atoms with Crippen molar-refractivity contribution >= 4 is 33.5 Å². The molecule has 34 heavy (non-hydrogen) atoms. The third-order valence-electron chi connectivity index (χ3n) is 6.02. The number of sulfonamides is 1. The van der Waals surface area contributed by atoms with Gasteiger partial charge in [-0.25, -0.2) is 8.42 Å². The second-order valence-electron chi connectivity index (χ2n) is 8.28. The maximum absolute atomic E-state index is 12.6. The first-order chi connectivity index (χ1) is 16.4. The van der Waals surface area contributed by atoms with Crippen molar-refractivity contribution in [2.45, 2.75) is 30.1 Å². The molecule has 3 heterocycles. The second-order valence-corrected chi connectivity index (χ2v) is 10.2. The highest BCUT2D eigenvalue weighted by Crippen LogP contribution is 2.31. The van der Waals surface area contributed by atoms with Crippen LogP contribution in [0.5, 0.6) is 0 Å². The standard InChI is InChI=1S/C23H23N5O5S/c29-20-14-17(15-28(20)18-6-2-1-3-7-18)22-25-26-23(33-22)24-21(30)16-8-10-19(11-9-16)34(31,32)27-12-4-5-13-27/h1-3,6-11,17H,4-5,12-15H2,(H,24,26,30). The fourth-order valence-corrected chi connectivity index (χ4v) is 5.72. The van der Waals surface area contributed by atoms with Gasteiger partial charge in [-0.05, 0) is 49.2 Å². The van der Waals surface area contributed by atoms with Crippen molar-refractivity contribution in [3.8, 4) is 0 Å². The monoisotopic (exact) mass is 481 g/mol. The molecule has 176 valence electrons. The fourth-order valence-electron chi connectivity index (χ4n) is 4.21. The summed E-state index contributed by atoms with van der Waals surface area (Å²) < 4.78 is 32.3. The van der Waals surface area contributed by atoms with E-state index in [1.165, 1.54) is 28.6 Å². The number of rotatable bonds is 6. The lowest BCUT2D eigenvalue weighted by Gasteiger charge is -2.15. The predicted molar refractivity (Wildman–Crippen MR) is 123 cm³/mol. The normalized spacial score (nSPS) is 19.0. The Morgan fingerprint density at radius 2 is 1.71 bits per heavy atom. The summed E-state index contributed by atoms with van der Waals surface area (Å²) >= 11 is 0. The Labute approximate surface area is 196 Å². The van der Waals surface area contributed by atoms with E-state index in [1.807, 2.05) is 30.3 Å². The van der Waals surface area contributed by atoms with Gasteiger partial charge in [-0.1, -0.05) is 23.3 Å². The fraction of sp³-hybridized carbons (Fsp3) is 0.304. The van der Waals surface area contributed by atoms with Crippen molar-refractivity contribution in [1.82, 2.24) is 14.5 Å². The van der Waals surface area contributed by atoms with Gasteiger partial charge in [0.15, 0.2) is 0 Å². The minimum absolute atomic E-state index is 0.0380. The lowest BCUT2D eigenvalue weighted by Crippen LogP contribution is -2.27. The maximum Gasteiger partial charge on any atom is 0.322 e. The van der Waals surface area contributed by atoms with Gasteiger partial charge < -0.3 is 9.32 Å². The summed E-state index contributed by atoms with van der Waals surface area (Å²) in [6.45, 7) is 1.44. The van der Waals surface area contributed by atoms with Gasteiger partial charge >= 0.3 is 6.01 Å². The minimum Gasteiger partial charge on any atom is -0.407 e. The van der Waals surface area contributed by atoms with Gasteiger partial charge in [-0.15, -0.1) is 5.10 Å². The molecule has 0 radical (unpaired) electrons. The van der Waals surface area contributed by atoms with E-state index in [2.05, 4.69) is 15.5 Å². The Balaban J connectivity index is 1.23. The zero-order valence-corrected chi connectivity index (χ0v) is 19.1. The highest BCUT2D eigenvalue weighted by Gasteiger charge is 2.35. The lowest BCUT2D eigenvalue weighted by molar-refractivity contribution is -0.117. The molecule has 5 rings (SSSR count). The molecule has 1 aromatic heterocycles. The minimum atomic E-state index is -3.55. The zero-order valence-electron chi connectivity index (χ0n) is 18.3. The van der Waals surface area contributed by atoms with E-state index in [4.69, 9.17) is 4.42 Å². The molecule has 2 aromatic carbocycles. The van der Waals surface area contributed by atoms with Crippen LogP contribution in [0.3, 0.4) is 0 Å². The van der Waals surface area contributed by atoms with E-state index >= 15 is 0 Å². The summed E-state index contributed by atoms with van der Waals surface area (Å²) in [6, 6.07) is 15.0. The number of hydrogen-bond acceptors (Lipinski definition) is 7. The first-order valence-corrected chi connectivity index (χ1v) is 12.5. The summed E-state index contributed by atoms with van der Waals surface area (Å²) in [4.78, 5) is 26.8. The van der Waals surface area contributed by atoms with E-state index in [-0.39, 0.29) is 40.6 Å². The third kappa shape index (κ3) is 4.31. The number of nitrogens with zero attached hydrogens (tertiary/aromatic N) is 4. The molecule has 0 bridgehead atoms. The molecule has 2 aliphatic rings. The molecule has 0 spiro atoms. The molecule has 2 saturated heterocycles. The molecule has 2 amide bonds. The molecular weight excluding hydrogens is 458 g/mol. The number of benzene rings is 2. The summed E-state index contributed by atoms with van der Waals surface area (Å²) in [6.07, 6.45) is 1.94. The Morgan fingerprint density at radius 1 is 1.00 bits per heavy atom. The van der Waals surface area contributed by atoms with Gasteiger partial charge in [-0.3, -0.25) is 14.9 Å². The Kier molecular flexibility index (Phi) is 5.88. The molecular formula is C23H23N5O5S.